The average Bonchev–Trinajstić information content (AvgIpc) is 2.54. The molecule has 1 saturated heterocycles. The number of ether oxygens (including phenoxy) is 1. The van der Waals surface area contributed by atoms with Crippen molar-refractivity contribution >= 4 is 5.91 Å². The molecule has 22 heavy (non-hydrogen) atoms. The number of rotatable bonds is 7. The summed E-state index contributed by atoms with van der Waals surface area (Å²) < 4.78 is 5.40. The zero-order chi connectivity index (χ0) is 15.8. The number of hydrogen-bond donors (Lipinski definition) is 2. The van der Waals surface area contributed by atoms with Gasteiger partial charge in [0.1, 0.15) is 0 Å². The van der Waals surface area contributed by atoms with E-state index in [0.29, 0.717) is 13.0 Å². The van der Waals surface area contributed by atoms with Crippen molar-refractivity contribution in [2.75, 3.05) is 46.4 Å². The van der Waals surface area contributed by atoms with Crippen molar-refractivity contribution in [1.82, 2.24) is 15.5 Å². The van der Waals surface area contributed by atoms with E-state index in [-0.39, 0.29) is 11.9 Å². The highest BCUT2D eigenvalue weighted by molar-refractivity contribution is 5.76. The van der Waals surface area contributed by atoms with Gasteiger partial charge in [-0.25, -0.2) is 0 Å². The minimum atomic E-state index is 0.0306. The Hall–Kier alpha value is -1.43. The Bertz CT molecular complexity index is 455. The summed E-state index contributed by atoms with van der Waals surface area (Å²) in [5.74, 6) is 0.0909. The number of benzene rings is 1. The van der Waals surface area contributed by atoms with E-state index in [0.717, 1.165) is 38.4 Å². The van der Waals surface area contributed by atoms with E-state index in [9.17, 15) is 4.79 Å². The Morgan fingerprint density at radius 2 is 1.95 bits per heavy atom. The van der Waals surface area contributed by atoms with E-state index in [2.05, 4.69) is 46.7 Å². The molecule has 0 bridgehead atoms. The third kappa shape index (κ3) is 5.40. The van der Waals surface area contributed by atoms with Crippen molar-refractivity contribution in [3.8, 4) is 0 Å². The molecule has 1 heterocycles. The Labute approximate surface area is 133 Å². The van der Waals surface area contributed by atoms with Gasteiger partial charge in [-0.1, -0.05) is 29.8 Å². The maximum atomic E-state index is 12.1. The molecule has 1 atom stereocenters. The van der Waals surface area contributed by atoms with Gasteiger partial charge in [-0.3, -0.25) is 9.69 Å². The molecule has 0 aliphatic carbocycles. The van der Waals surface area contributed by atoms with Crippen LogP contribution in [0.25, 0.3) is 0 Å². The molecule has 5 nitrogen and oxygen atoms in total. The molecule has 122 valence electrons. The van der Waals surface area contributed by atoms with Gasteiger partial charge in [0.05, 0.1) is 19.3 Å². The minimum Gasteiger partial charge on any atom is -0.379 e. The number of nitrogens with zero attached hydrogens (tertiary/aromatic N) is 1. The number of nitrogens with one attached hydrogen (secondary N) is 2. The first-order chi connectivity index (χ1) is 10.7. The van der Waals surface area contributed by atoms with Crippen molar-refractivity contribution in [3.63, 3.8) is 0 Å². The van der Waals surface area contributed by atoms with Crippen LogP contribution in [0.5, 0.6) is 0 Å². The SMILES string of the molecule is CNCCC(=O)NC(CN1CCOCC1)c1ccc(C)cc1. The van der Waals surface area contributed by atoms with Gasteiger partial charge >= 0.3 is 0 Å². The molecule has 1 fully saturated rings. The summed E-state index contributed by atoms with van der Waals surface area (Å²) in [6.07, 6.45) is 0.502. The third-order valence-corrected chi connectivity index (χ3v) is 3.96. The van der Waals surface area contributed by atoms with Crippen LogP contribution in [0.15, 0.2) is 24.3 Å². The minimum absolute atomic E-state index is 0.0306. The lowest BCUT2D eigenvalue weighted by Crippen LogP contribution is -2.43. The predicted molar refractivity (Wildman–Crippen MR) is 87.9 cm³/mol. The molecule has 2 rings (SSSR count). The second-order valence-electron chi connectivity index (χ2n) is 5.80. The topological polar surface area (TPSA) is 53.6 Å². The smallest absolute Gasteiger partial charge is 0.221 e. The van der Waals surface area contributed by atoms with Crippen molar-refractivity contribution in [3.05, 3.63) is 35.4 Å². The van der Waals surface area contributed by atoms with Crippen molar-refractivity contribution in [1.29, 1.82) is 0 Å². The molecular formula is C17H27N3O2. The Morgan fingerprint density at radius 3 is 2.59 bits per heavy atom. The second kappa shape index (κ2) is 8.88. The van der Waals surface area contributed by atoms with Gasteiger partial charge in [-0.2, -0.15) is 0 Å². The van der Waals surface area contributed by atoms with Gasteiger partial charge in [-0.15, -0.1) is 0 Å². The van der Waals surface area contributed by atoms with Crippen LogP contribution < -0.4 is 10.6 Å². The van der Waals surface area contributed by atoms with Crippen molar-refractivity contribution in [2.24, 2.45) is 0 Å². The van der Waals surface area contributed by atoms with E-state index < -0.39 is 0 Å². The van der Waals surface area contributed by atoms with E-state index in [1.54, 1.807) is 0 Å². The fourth-order valence-electron chi connectivity index (χ4n) is 2.58. The first-order valence-electron chi connectivity index (χ1n) is 7.99. The van der Waals surface area contributed by atoms with Gasteiger partial charge in [-0.05, 0) is 19.5 Å². The lowest BCUT2D eigenvalue weighted by molar-refractivity contribution is -0.122. The highest BCUT2D eigenvalue weighted by Gasteiger charge is 2.19. The van der Waals surface area contributed by atoms with Crippen LogP contribution in [0.4, 0.5) is 0 Å². The maximum absolute atomic E-state index is 12.1. The van der Waals surface area contributed by atoms with Crippen molar-refractivity contribution in [2.45, 2.75) is 19.4 Å². The zero-order valence-electron chi connectivity index (χ0n) is 13.6. The molecule has 0 spiro atoms. The molecule has 1 amide bonds. The van der Waals surface area contributed by atoms with Gasteiger partial charge in [0.15, 0.2) is 0 Å². The standard InChI is InChI=1S/C17H27N3O2/c1-14-3-5-15(6-4-14)16(19-17(21)7-8-18-2)13-20-9-11-22-12-10-20/h3-6,16,18H,7-13H2,1-2H3,(H,19,21). The molecule has 1 aromatic rings. The number of hydrogen-bond acceptors (Lipinski definition) is 4. The first-order valence-corrected chi connectivity index (χ1v) is 7.99. The van der Waals surface area contributed by atoms with E-state index in [4.69, 9.17) is 4.74 Å². The van der Waals surface area contributed by atoms with Crippen LogP contribution in [-0.2, 0) is 9.53 Å². The fraction of sp³-hybridized carbons (Fsp3) is 0.588. The second-order valence-corrected chi connectivity index (χ2v) is 5.80. The van der Waals surface area contributed by atoms with Crippen LogP contribution in [0, 0.1) is 6.92 Å². The summed E-state index contributed by atoms with van der Waals surface area (Å²) in [5.41, 5.74) is 2.39. The summed E-state index contributed by atoms with van der Waals surface area (Å²) in [7, 11) is 1.86. The third-order valence-electron chi connectivity index (χ3n) is 3.96. The molecule has 1 aliphatic rings. The molecule has 1 aliphatic heterocycles. The Balaban J connectivity index is 2.02. The molecular weight excluding hydrogens is 278 g/mol. The molecule has 1 aromatic carbocycles. The van der Waals surface area contributed by atoms with Crippen LogP contribution in [-0.4, -0.2) is 57.2 Å². The summed E-state index contributed by atoms with van der Waals surface area (Å²) >= 11 is 0. The molecule has 0 saturated carbocycles. The number of carbonyl (C=O) groups is 1. The molecule has 0 radical (unpaired) electrons. The van der Waals surface area contributed by atoms with Crippen LogP contribution in [0.3, 0.4) is 0 Å². The van der Waals surface area contributed by atoms with E-state index in [1.165, 1.54) is 5.56 Å². The number of amides is 1. The predicted octanol–water partition coefficient (Wildman–Crippen LogP) is 1.09. The lowest BCUT2D eigenvalue weighted by Gasteiger charge is -2.31. The van der Waals surface area contributed by atoms with Crippen LogP contribution in [0.2, 0.25) is 0 Å². The Kier molecular flexibility index (Phi) is 6.83. The maximum Gasteiger partial charge on any atom is 0.221 e. The Morgan fingerprint density at radius 1 is 1.27 bits per heavy atom. The van der Waals surface area contributed by atoms with Crippen molar-refractivity contribution < 1.29 is 9.53 Å². The highest BCUT2D eigenvalue weighted by Crippen LogP contribution is 2.16. The monoisotopic (exact) mass is 305 g/mol. The molecule has 5 heteroatoms. The van der Waals surface area contributed by atoms with Crippen LogP contribution >= 0.6 is 0 Å². The summed E-state index contributed by atoms with van der Waals surface area (Å²) in [6.45, 7) is 7.00. The number of carbonyl (C=O) groups excluding carboxylic acids is 1. The number of aryl methyl sites for hydroxylation is 1. The molecule has 1 unspecified atom stereocenters. The average molecular weight is 305 g/mol. The summed E-state index contributed by atoms with van der Waals surface area (Å²) in [5, 5.41) is 6.19. The van der Waals surface area contributed by atoms with Crippen LogP contribution in [0.1, 0.15) is 23.6 Å². The lowest BCUT2D eigenvalue weighted by atomic mass is 10.0. The van der Waals surface area contributed by atoms with Gasteiger partial charge in [0.2, 0.25) is 5.91 Å². The summed E-state index contributed by atoms with van der Waals surface area (Å²) in [4.78, 5) is 14.5. The fourth-order valence-corrected chi connectivity index (χ4v) is 2.58. The van der Waals surface area contributed by atoms with Gasteiger partial charge in [0.25, 0.3) is 0 Å². The van der Waals surface area contributed by atoms with Gasteiger partial charge in [0, 0.05) is 32.6 Å². The normalized spacial score (nSPS) is 17.2. The van der Waals surface area contributed by atoms with Gasteiger partial charge < -0.3 is 15.4 Å². The zero-order valence-corrected chi connectivity index (χ0v) is 13.6. The molecule has 0 aromatic heterocycles. The van der Waals surface area contributed by atoms with E-state index in [1.807, 2.05) is 7.05 Å². The molecule has 2 N–H and O–H groups in total. The van der Waals surface area contributed by atoms with E-state index >= 15 is 0 Å². The summed E-state index contributed by atoms with van der Waals surface area (Å²) in [6, 6.07) is 8.45. The largest absolute Gasteiger partial charge is 0.379 e. The highest BCUT2D eigenvalue weighted by atomic mass is 16.5. The number of morpholine rings is 1. The quantitative estimate of drug-likeness (QED) is 0.792. The first kappa shape index (κ1) is 16.9.